The van der Waals surface area contributed by atoms with E-state index in [-0.39, 0.29) is 10.8 Å². The monoisotopic (exact) mass is 265 g/mol. The highest BCUT2D eigenvalue weighted by molar-refractivity contribution is 7.80. The van der Waals surface area contributed by atoms with Gasteiger partial charge in [-0.1, -0.05) is 59.0 Å². The summed E-state index contributed by atoms with van der Waals surface area (Å²) in [6.07, 6.45) is 0. The Hall–Kier alpha value is -1.09. The highest BCUT2D eigenvalue weighted by Crippen LogP contribution is 2.25. The second kappa shape index (κ2) is 5.27. The van der Waals surface area contributed by atoms with E-state index in [1.165, 1.54) is 5.56 Å². The molecule has 0 radical (unpaired) electrons. The lowest BCUT2D eigenvalue weighted by Crippen LogP contribution is -2.35. The molecule has 0 unspecified atom stereocenters. The topological polar surface area (TPSA) is 35.2 Å². The number of rotatable bonds is 4. The van der Waals surface area contributed by atoms with Crippen LogP contribution in [0.25, 0.3) is 0 Å². The fraction of sp³-hybridized carbons (Fsp3) is 0.533. The highest BCUT2D eigenvalue weighted by Gasteiger charge is 2.22. The number of hydrogen-bond acceptors (Lipinski definition) is 2. The first-order valence-corrected chi connectivity index (χ1v) is 6.57. The van der Waals surface area contributed by atoms with E-state index in [0.29, 0.717) is 11.6 Å². The molecule has 0 fully saturated rings. The van der Waals surface area contributed by atoms with Crippen LogP contribution in [0.2, 0.25) is 0 Å². The molecule has 100 valence electrons. The second-order valence-corrected chi connectivity index (χ2v) is 6.75. The van der Waals surface area contributed by atoms with E-state index in [1.807, 2.05) is 26.0 Å². The van der Waals surface area contributed by atoms with Gasteiger partial charge < -0.3 is 10.5 Å². The van der Waals surface area contributed by atoms with Gasteiger partial charge in [0.2, 0.25) is 0 Å². The Balaban J connectivity index is 2.68. The lowest BCUT2D eigenvalue weighted by Gasteiger charge is -2.24. The minimum Gasteiger partial charge on any atom is -0.493 e. The van der Waals surface area contributed by atoms with Gasteiger partial charge in [-0.25, -0.2) is 0 Å². The molecule has 2 N–H and O–H groups in total. The summed E-state index contributed by atoms with van der Waals surface area (Å²) in [6, 6.07) is 8.19. The molecule has 1 rings (SSSR count). The first-order chi connectivity index (χ1) is 8.13. The molecule has 1 aromatic carbocycles. The lowest BCUT2D eigenvalue weighted by molar-refractivity contribution is 0.236. The van der Waals surface area contributed by atoms with Gasteiger partial charge in [0, 0.05) is 5.41 Å². The van der Waals surface area contributed by atoms with Crippen molar-refractivity contribution in [3.05, 3.63) is 29.8 Å². The Morgan fingerprint density at radius 1 is 1.11 bits per heavy atom. The standard InChI is InChI=1S/C15H23NOS/c1-14(2,3)11-6-8-12(9-7-11)17-10-15(4,5)13(16)18/h6-9H,10H2,1-5H3,(H2,16,18). The molecule has 1 aromatic rings. The number of benzene rings is 1. The van der Waals surface area contributed by atoms with Crippen molar-refractivity contribution < 1.29 is 4.74 Å². The van der Waals surface area contributed by atoms with Crippen LogP contribution in [0, 0.1) is 5.41 Å². The number of nitrogens with two attached hydrogens (primary N) is 1. The van der Waals surface area contributed by atoms with Crippen LogP contribution in [-0.4, -0.2) is 11.6 Å². The molecular weight excluding hydrogens is 242 g/mol. The van der Waals surface area contributed by atoms with Crippen LogP contribution < -0.4 is 10.5 Å². The zero-order chi connectivity index (χ0) is 14.0. The molecule has 0 saturated carbocycles. The van der Waals surface area contributed by atoms with E-state index >= 15 is 0 Å². The van der Waals surface area contributed by atoms with Gasteiger partial charge in [0.25, 0.3) is 0 Å². The van der Waals surface area contributed by atoms with E-state index in [2.05, 4.69) is 32.9 Å². The van der Waals surface area contributed by atoms with Crippen molar-refractivity contribution >= 4 is 17.2 Å². The van der Waals surface area contributed by atoms with Crippen molar-refractivity contribution in [2.75, 3.05) is 6.61 Å². The summed E-state index contributed by atoms with van der Waals surface area (Å²) in [4.78, 5) is 0.480. The van der Waals surface area contributed by atoms with Gasteiger partial charge in [-0.15, -0.1) is 0 Å². The Bertz CT molecular complexity index is 415. The molecule has 0 atom stereocenters. The third-order valence-electron chi connectivity index (χ3n) is 2.99. The Kier molecular flexibility index (Phi) is 4.38. The number of thiocarbonyl (C=S) groups is 1. The van der Waals surface area contributed by atoms with Crippen molar-refractivity contribution in [2.24, 2.45) is 11.1 Å². The third kappa shape index (κ3) is 3.98. The zero-order valence-electron chi connectivity index (χ0n) is 11.9. The fourth-order valence-corrected chi connectivity index (χ4v) is 1.44. The lowest BCUT2D eigenvalue weighted by atomic mass is 9.87. The van der Waals surface area contributed by atoms with Crippen molar-refractivity contribution in [1.82, 2.24) is 0 Å². The van der Waals surface area contributed by atoms with Crippen LogP contribution in [0.15, 0.2) is 24.3 Å². The van der Waals surface area contributed by atoms with Crippen LogP contribution in [-0.2, 0) is 5.41 Å². The average Bonchev–Trinajstić information content (AvgIpc) is 2.25. The summed E-state index contributed by atoms with van der Waals surface area (Å²) in [6.45, 7) is 11.0. The first kappa shape index (κ1) is 15.0. The Labute approximate surface area is 116 Å². The van der Waals surface area contributed by atoms with E-state index in [1.54, 1.807) is 0 Å². The first-order valence-electron chi connectivity index (χ1n) is 6.16. The van der Waals surface area contributed by atoms with E-state index in [0.717, 1.165) is 5.75 Å². The average molecular weight is 265 g/mol. The smallest absolute Gasteiger partial charge is 0.119 e. The quantitative estimate of drug-likeness (QED) is 0.844. The molecule has 0 aliphatic carbocycles. The predicted octanol–water partition coefficient (Wildman–Crippen LogP) is 3.68. The molecule has 0 aromatic heterocycles. The van der Waals surface area contributed by atoms with Gasteiger partial charge in [0.1, 0.15) is 5.75 Å². The molecule has 0 bridgehead atoms. The van der Waals surface area contributed by atoms with E-state index in [9.17, 15) is 0 Å². The largest absolute Gasteiger partial charge is 0.493 e. The number of hydrogen-bond donors (Lipinski definition) is 1. The second-order valence-electron chi connectivity index (χ2n) is 6.31. The van der Waals surface area contributed by atoms with Gasteiger partial charge in [-0.05, 0) is 23.1 Å². The van der Waals surface area contributed by atoms with Crippen LogP contribution >= 0.6 is 12.2 Å². The maximum absolute atomic E-state index is 5.73. The van der Waals surface area contributed by atoms with Gasteiger partial charge >= 0.3 is 0 Å². The summed E-state index contributed by atoms with van der Waals surface area (Å²) in [5, 5.41) is 0. The number of ether oxygens (including phenoxy) is 1. The van der Waals surface area contributed by atoms with Crippen LogP contribution in [0.3, 0.4) is 0 Å². The van der Waals surface area contributed by atoms with Crippen molar-refractivity contribution in [3.8, 4) is 5.75 Å². The highest BCUT2D eigenvalue weighted by atomic mass is 32.1. The van der Waals surface area contributed by atoms with Crippen LogP contribution in [0.4, 0.5) is 0 Å². The van der Waals surface area contributed by atoms with E-state index in [4.69, 9.17) is 22.7 Å². The Morgan fingerprint density at radius 2 is 1.61 bits per heavy atom. The Morgan fingerprint density at radius 3 is 2.00 bits per heavy atom. The molecule has 3 heteroatoms. The summed E-state index contributed by atoms with van der Waals surface area (Å²) in [7, 11) is 0. The summed E-state index contributed by atoms with van der Waals surface area (Å²) >= 11 is 5.01. The molecular formula is C15H23NOS. The van der Waals surface area contributed by atoms with Crippen molar-refractivity contribution in [1.29, 1.82) is 0 Å². The minimum absolute atomic E-state index is 0.163. The zero-order valence-corrected chi connectivity index (χ0v) is 12.7. The van der Waals surface area contributed by atoms with Crippen LogP contribution in [0.1, 0.15) is 40.2 Å². The molecule has 0 saturated heterocycles. The fourth-order valence-electron chi connectivity index (χ4n) is 1.39. The van der Waals surface area contributed by atoms with E-state index < -0.39 is 0 Å². The summed E-state index contributed by atoms with van der Waals surface area (Å²) in [5.41, 5.74) is 6.85. The van der Waals surface area contributed by atoms with Crippen molar-refractivity contribution in [2.45, 2.75) is 40.0 Å². The normalized spacial score (nSPS) is 12.3. The molecule has 0 aliphatic heterocycles. The summed E-state index contributed by atoms with van der Waals surface area (Å²) in [5.74, 6) is 0.854. The SMILES string of the molecule is CC(C)(COc1ccc(C(C)(C)C)cc1)C(N)=S. The van der Waals surface area contributed by atoms with Gasteiger partial charge in [-0.3, -0.25) is 0 Å². The van der Waals surface area contributed by atoms with Gasteiger partial charge in [0.05, 0.1) is 11.6 Å². The molecule has 0 aliphatic rings. The minimum atomic E-state index is -0.280. The summed E-state index contributed by atoms with van der Waals surface area (Å²) < 4.78 is 5.73. The molecule has 2 nitrogen and oxygen atoms in total. The molecule has 0 heterocycles. The predicted molar refractivity (Wildman–Crippen MR) is 81.2 cm³/mol. The maximum Gasteiger partial charge on any atom is 0.119 e. The third-order valence-corrected chi connectivity index (χ3v) is 3.54. The van der Waals surface area contributed by atoms with Crippen molar-refractivity contribution in [3.63, 3.8) is 0 Å². The molecule has 18 heavy (non-hydrogen) atoms. The molecule has 0 spiro atoms. The van der Waals surface area contributed by atoms with Gasteiger partial charge in [-0.2, -0.15) is 0 Å². The molecule has 0 amide bonds. The van der Waals surface area contributed by atoms with Gasteiger partial charge in [0.15, 0.2) is 0 Å². The maximum atomic E-state index is 5.73. The van der Waals surface area contributed by atoms with Crippen LogP contribution in [0.5, 0.6) is 5.75 Å².